The lowest BCUT2D eigenvalue weighted by Crippen LogP contribution is -2.12. The summed E-state index contributed by atoms with van der Waals surface area (Å²) in [4.78, 5) is 29.4. The molecule has 0 fully saturated rings. The number of aromatic nitrogens is 2. The van der Waals surface area contributed by atoms with Crippen molar-refractivity contribution in [1.29, 1.82) is 0 Å². The first kappa shape index (κ1) is 24.8. The molecule has 0 bridgehead atoms. The first-order valence-electron chi connectivity index (χ1n) is 11.1. The number of hydrogen-bond donors (Lipinski definition) is 2. The van der Waals surface area contributed by atoms with Crippen LogP contribution in [0.5, 0.6) is 11.5 Å². The molecule has 184 valence electrons. The summed E-state index contributed by atoms with van der Waals surface area (Å²) in [6, 6.07) is 17.8. The van der Waals surface area contributed by atoms with Crippen molar-refractivity contribution in [2.24, 2.45) is 0 Å². The van der Waals surface area contributed by atoms with Crippen LogP contribution in [0.25, 0.3) is 0 Å². The molecule has 1 aromatic heterocycles. The lowest BCUT2D eigenvalue weighted by molar-refractivity contribution is 0.101. The van der Waals surface area contributed by atoms with Gasteiger partial charge in [0.25, 0.3) is 11.8 Å². The predicted octanol–water partition coefficient (Wildman–Crippen LogP) is 5.42. The molecule has 0 aliphatic carbocycles. The number of imidazole rings is 1. The molecule has 3 aromatic carbocycles. The molecule has 4 aromatic rings. The predicted molar refractivity (Wildman–Crippen MR) is 139 cm³/mol. The first-order chi connectivity index (χ1) is 17.4. The maximum absolute atomic E-state index is 12.6. The Morgan fingerprint density at radius 1 is 0.917 bits per heavy atom. The van der Waals surface area contributed by atoms with Crippen molar-refractivity contribution in [1.82, 2.24) is 9.55 Å². The van der Waals surface area contributed by atoms with E-state index in [0.29, 0.717) is 40.0 Å². The topological polar surface area (TPSA) is 94.5 Å². The molecule has 2 amide bonds. The van der Waals surface area contributed by atoms with Crippen LogP contribution in [0.4, 0.5) is 11.4 Å². The number of halogens is 1. The highest BCUT2D eigenvalue weighted by Gasteiger charge is 2.13. The molecule has 1 heterocycles. The molecule has 0 atom stereocenters. The van der Waals surface area contributed by atoms with Crippen LogP contribution in [0, 0.1) is 6.92 Å². The summed E-state index contributed by atoms with van der Waals surface area (Å²) in [6.07, 6.45) is 3.27. The van der Waals surface area contributed by atoms with Gasteiger partial charge in [0.05, 0.1) is 31.3 Å². The van der Waals surface area contributed by atoms with Gasteiger partial charge in [-0.2, -0.15) is 0 Å². The molecule has 4 rings (SSSR count). The fourth-order valence-corrected chi connectivity index (χ4v) is 3.84. The average Bonchev–Trinajstić information content (AvgIpc) is 3.35. The van der Waals surface area contributed by atoms with E-state index in [9.17, 15) is 9.59 Å². The number of ether oxygens (including phenoxy) is 2. The van der Waals surface area contributed by atoms with Crippen molar-refractivity contribution in [3.63, 3.8) is 0 Å². The number of hydrogen-bond acceptors (Lipinski definition) is 5. The number of nitrogens with zero attached hydrogens (tertiary/aromatic N) is 2. The molecular formula is C27H25ClN4O4. The first-order valence-corrected chi connectivity index (χ1v) is 11.5. The van der Waals surface area contributed by atoms with Gasteiger partial charge >= 0.3 is 0 Å². The zero-order valence-corrected chi connectivity index (χ0v) is 20.8. The van der Waals surface area contributed by atoms with E-state index >= 15 is 0 Å². The van der Waals surface area contributed by atoms with Gasteiger partial charge in [0.1, 0.15) is 5.69 Å². The van der Waals surface area contributed by atoms with E-state index in [1.165, 1.54) is 7.11 Å². The number of nitrogens with one attached hydrogen (secondary N) is 2. The van der Waals surface area contributed by atoms with Crippen LogP contribution in [0.15, 0.2) is 73.2 Å². The number of rotatable bonds is 8. The Hall–Kier alpha value is -4.30. The summed E-state index contributed by atoms with van der Waals surface area (Å²) < 4.78 is 12.3. The average molecular weight is 505 g/mol. The maximum atomic E-state index is 12.6. The van der Waals surface area contributed by atoms with Crippen LogP contribution in [-0.4, -0.2) is 35.6 Å². The minimum absolute atomic E-state index is 0.261. The molecule has 0 saturated heterocycles. The molecule has 0 radical (unpaired) electrons. The van der Waals surface area contributed by atoms with Crippen LogP contribution in [0.2, 0.25) is 5.02 Å². The molecule has 8 nitrogen and oxygen atoms in total. The second-order valence-corrected chi connectivity index (χ2v) is 8.50. The quantitative estimate of drug-likeness (QED) is 0.334. The van der Waals surface area contributed by atoms with Crippen molar-refractivity contribution in [3.05, 3.63) is 101 Å². The van der Waals surface area contributed by atoms with E-state index in [0.717, 1.165) is 11.1 Å². The number of methoxy groups -OCH3 is 2. The van der Waals surface area contributed by atoms with Crippen molar-refractivity contribution in [2.45, 2.75) is 13.5 Å². The molecule has 0 unspecified atom stereocenters. The van der Waals surface area contributed by atoms with Gasteiger partial charge in [-0.3, -0.25) is 9.59 Å². The van der Waals surface area contributed by atoms with Gasteiger partial charge in [-0.05, 0) is 60.5 Å². The Bertz CT molecular complexity index is 1400. The summed E-state index contributed by atoms with van der Waals surface area (Å²) in [5.74, 6) is 0.434. The summed E-state index contributed by atoms with van der Waals surface area (Å²) in [6.45, 7) is 2.44. The van der Waals surface area contributed by atoms with E-state index < -0.39 is 0 Å². The molecule has 0 saturated carbocycles. The van der Waals surface area contributed by atoms with E-state index in [2.05, 4.69) is 15.6 Å². The smallest absolute Gasteiger partial charge is 0.275 e. The largest absolute Gasteiger partial charge is 0.493 e. The Labute approximate surface area is 213 Å². The second kappa shape index (κ2) is 11.0. The standard InChI is InChI=1S/C27H25ClN4O4/c1-17-4-10-22(21(28)12-17)31-27(34)23-15-32(16-29-23)14-18-5-8-20(9-6-18)30-26(33)19-7-11-24(35-2)25(13-19)36-3/h4-13,15-16H,14H2,1-3H3,(H,30,33)(H,31,34). The summed E-state index contributed by atoms with van der Waals surface area (Å²) in [7, 11) is 3.06. The van der Waals surface area contributed by atoms with Crippen LogP contribution in [0.3, 0.4) is 0 Å². The van der Waals surface area contributed by atoms with E-state index in [4.69, 9.17) is 21.1 Å². The van der Waals surface area contributed by atoms with E-state index in [1.807, 2.05) is 41.8 Å². The molecule has 36 heavy (non-hydrogen) atoms. The summed E-state index contributed by atoms with van der Waals surface area (Å²) in [5, 5.41) is 6.13. The monoisotopic (exact) mass is 504 g/mol. The number of benzene rings is 3. The van der Waals surface area contributed by atoms with Crippen LogP contribution in [0.1, 0.15) is 32.0 Å². The van der Waals surface area contributed by atoms with Gasteiger partial charge < -0.3 is 24.7 Å². The molecule has 9 heteroatoms. The van der Waals surface area contributed by atoms with Crippen molar-refractivity contribution >= 4 is 34.8 Å². The maximum Gasteiger partial charge on any atom is 0.275 e. The molecule has 2 N–H and O–H groups in total. The van der Waals surface area contributed by atoms with Gasteiger partial charge in [-0.15, -0.1) is 0 Å². The Morgan fingerprint density at radius 3 is 2.36 bits per heavy atom. The second-order valence-electron chi connectivity index (χ2n) is 8.09. The molecule has 0 aliphatic heterocycles. The number of amides is 2. The van der Waals surface area contributed by atoms with Crippen LogP contribution >= 0.6 is 11.6 Å². The van der Waals surface area contributed by atoms with Gasteiger partial charge in [0, 0.05) is 24.0 Å². The van der Waals surface area contributed by atoms with Crippen molar-refractivity contribution in [3.8, 4) is 11.5 Å². The highest BCUT2D eigenvalue weighted by molar-refractivity contribution is 6.34. The van der Waals surface area contributed by atoms with Gasteiger partial charge in [-0.25, -0.2) is 4.98 Å². The number of aryl methyl sites for hydroxylation is 1. The van der Waals surface area contributed by atoms with Gasteiger partial charge in [0.2, 0.25) is 0 Å². The zero-order valence-electron chi connectivity index (χ0n) is 20.0. The molecule has 0 spiro atoms. The van der Waals surface area contributed by atoms with Crippen molar-refractivity contribution < 1.29 is 19.1 Å². The minimum Gasteiger partial charge on any atom is -0.493 e. The third-order valence-electron chi connectivity index (χ3n) is 5.46. The van der Waals surface area contributed by atoms with E-state index in [-0.39, 0.29) is 17.5 Å². The summed E-state index contributed by atoms with van der Waals surface area (Å²) >= 11 is 6.20. The Balaban J connectivity index is 1.36. The minimum atomic E-state index is -0.340. The van der Waals surface area contributed by atoms with E-state index in [1.54, 1.807) is 50.0 Å². The Kier molecular flexibility index (Phi) is 7.56. The normalized spacial score (nSPS) is 10.6. The zero-order chi connectivity index (χ0) is 25.7. The van der Waals surface area contributed by atoms with Gasteiger partial charge in [0.15, 0.2) is 11.5 Å². The van der Waals surface area contributed by atoms with Crippen LogP contribution < -0.4 is 20.1 Å². The molecular weight excluding hydrogens is 480 g/mol. The van der Waals surface area contributed by atoms with Crippen LogP contribution in [-0.2, 0) is 6.54 Å². The summed E-state index contributed by atoms with van der Waals surface area (Å²) in [5.41, 5.74) is 3.91. The third kappa shape index (κ3) is 5.84. The Morgan fingerprint density at radius 2 is 1.67 bits per heavy atom. The third-order valence-corrected chi connectivity index (χ3v) is 5.77. The number of carbonyl (C=O) groups is 2. The lowest BCUT2D eigenvalue weighted by atomic mass is 10.1. The van der Waals surface area contributed by atoms with Gasteiger partial charge in [-0.1, -0.05) is 29.8 Å². The highest BCUT2D eigenvalue weighted by atomic mass is 35.5. The molecule has 0 aliphatic rings. The lowest BCUT2D eigenvalue weighted by Gasteiger charge is -2.10. The fourth-order valence-electron chi connectivity index (χ4n) is 3.56. The SMILES string of the molecule is COc1ccc(C(=O)Nc2ccc(Cn3cnc(C(=O)Nc4ccc(C)cc4Cl)c3)cc2)cc1OC. The fraction of sp³-hybridized carbons (Fsp3) is 0.148. The number of anilines is 2. The number of carbonyl (C=O) groups excluding carboxylic acids is 2. The van der Waals surface area contributed by atoms with Crippen molar-refractivity contribution in [2.75, 3.05) is 24.9 Å². The highest BCUT2D eigenvalue weighted by Crippen LogP contribution is 2.28.